The molecule has 3 radical (unpaired) electrons. The van der Waals surface area contributed by atoms with Gasteiger partial charge in [0.25, 0.3) is 0 Å². The molecule has 0 N–H and O–H groups in total. The fraction of sp³-hybridized carbons (Fsp3) is 0. The molecule has 0 unspecified atom stereocenters. The van der Waals surface area contributed by atoms with Gasteiger partial charge < -0.3 is 0 Å². The van der Waals surface area contributed by atoms with Crippen molar-refractivity contribution in [2.75, 3.05) is 0 Å². The average Bonchev–Trinajstić information content (AvgIpc) is 0.918. The molecule has 0 heterocycles. The van der Waals surface area contributed by atoms with E-state index in [2.05, 4.69) is 0 Å². The molecule has 0 aromatic carbocycles. The van der Waals surface area contributed by atoms with Crippen LogP contribution in [0.25, 0.3) is 0 Å². The van der Waals surface area contributed by atoms with Crippen LogP contribution >= 0.6 is 0 Å². The molecule has 0 amide bonds. The van der Waals surface area contributed by atoms with E-state index in [1.165, 1.54) is 0 Å². The summed E-state index contributed by atoms with van der Waals surface area (Å²) in [6.45, 7) is 0. The normalized spacial score (nSPS) is 2.00. The molecule has 0 aliphatic rings. The quantitative estimate of drug-likeness (QED) is 0.450. The van der Waals surface area contributed by atoms with Crippen LogP contribution in [-0.4, -0.2) is 33.7 Å². The first-order valence-corrected chi connectivity index (χ1v) is 1.22. The van der Waals surface area contributed by atoms with E-state index in [-0.39, 0.29) is 24.4 Å². The standard InChI is InChI=1S/O2Si.Sb/c1-3-2;. The molecule has 0 atom stereocenters. The Hall–Kier alpha value is 0.635. The zero-order valence-corrected chi connectivity index (χ0v) is 5.32. The Labute approximate surface area is 43.0 Å². The summed E-state index contributed by atoms with van der Waals surface area (Å²) in [5, 5.41) is 0. The van der Waals surface area contributed by atoms with Gasteiger partial charge >= 0.3 is 9.29 Å². The van der Waals surface area contributed by atoms with Crippen LogP contribution in [0.1, 0.15) is 0 Å². The van der Waals surface area contributed by atoms with Crippen molar-refractivity contribution in [3.05, 3.63) is 0 Å². The molecule has 0 rings (SSSR count). The van der Waals surface area contributed by atoms with Crippen molar-refractivity contribution in [2.24, 2.45) is 0 Å². The molecular formula is O2SbSi. The topological polar surface area (TPSA) is 34.1 Å². The Morgan fingerprint density at radius 2 is 1.25 bits per heavy atom. The van der Waals surface area contributed by atoms with Gasteiger partial charge in [0.05, 0.1) is 0 Å². The van der Waals surface area contributed by atoms with Crippen molar-refractivity contribution in [2.45, 2.75) is 0 Å². The summed E-state index contributed by atoms with van der Waals surface area (Å²) in [5.41, 5.74) is 0. The first kappa shape index (κ1) is 8.82. The SMILES string of the molecule is O=[Si]=O.[Sb]. The molecule has 0 spiro atoms. The third-order valence-electron chi connectivity index (χ3n) is 0. The summed E-state index contributed by atoms with van der Waals surface area (Å²) in [5.74, 6) is 0. The molecule has 0 fully saturated rings. The van der Waals surface area contributed by atoms with Gasteiger partial charge in [0.2, 0.25) is 0 Å². The van der Waals surface area contributed by atoms with Crippen LogP contribution in [-0.2, 0) is 8.92 Å². The average molecular weight is 182 g/mol. The van der Waals surface area contributed by atoms with Crippen LogP contribution in [0.15, 0.2) is 0 Å². The first-order valence-electron chi connectivity index (χ1n) is 0.408. The van der Waals surface area contributed by atoms with E-state index in [9.17, 15) is 0 Å². The molecule has 2 nitrogen and oxygen atoms in total. The van der Waals surface area contributed by atoms with Crippen LogP contribution in [0.2, 0.25) is 0 Å². The predicted octanol–water partition coefficient (Wildman–Crippen LogP) is -0.999. The molecule has 21 valence electrons. The molecule has 0 aromatic heterocycles. The summed E-state index contributed by atoms with van der Waals surface area (Å²) in [7, 11) is -1.42. The summed E-state index contributed by atoms with van der Waals surface area (Å²) in [6.07, 6.45) is 0. The Balaban J connectivity index is 0. The van der Waals surface area contributed by atoms with E-state index >= 15 is 0 Å². The van der Waals surface area contributed by atoms with Gasteiger partial charge in [-0.2, -0.15) is 0 Å². The zero-order valence-electron chi connectivity index (χ0n) is 1.76. The summed E-state index contributed by atoms with van der Waals surface area (Å²) >= 11 is 0. The first-order chi connectivity index (χ1) is 1.41. The Bertz CT molecular complexity index is 27.0. The fourth-order valence-corrected chi connectivity index (χ4v) is 0. The van der Waals surface area contributed by atoms with Crippen LogP contribution in [0, 0.1) is 0 Å². The maximum atomic E-state index is 8.40. The van der Waals surface area contributed by atoms with Gasteiger partial charge in [-0.05, 0) is 0 Å². The van der Waals surface area contributed by atoms with Gasteiger partial charge in [-0.25, -0.2) is 0 Å². The molecule has 0 aromatic rings. The monoisotopic (exact) mass is 181 g/mol. The van der Waals surface area contributed by atoms with Crippen LogP contribution in [0.5, 0.6) is 0 Å². The number of hydrogen-bond acceptors (Lipinski definition) is 2. The smallest absolute Gasteiger partial charge is 0.274 e. The maximum Gasteiger partial charge on any atom is 0.549 e. The Morgan fingerprint density at radius 1 is 1.25 bits per heavy atom. The molecular weight excluding hydrogens is 182 g/mol. The Kier molecular flexibility index (Phi) is 20.8. The van der Waals surface area contributed by atoms with Crippen molar-refractivity contribution in [1.29, 1.82) is 0 Å². The van der Waals surface area contributed by atoms with Crippen molar-refractivity contribution in [3.63, 3.8) is 0 Å². The summed E-state index contributed by atoms with van der Waals surface area (Å²) in [4.78, 5) is 0. The van der Waals surface area contributed by atoms with Gasteiger partial charge in [0, 0.05) is 24.4 Å². The van der Waals surface area contributed by atoms with Gasteiger partial charge in [-0.1, -0.05) is 0 Å². The van der Waals surface area contributed by atoms with Crippen molar-refractivity contribution in [1.82, 2.24) is 0 Å². The molecule has 0 saturated carbocycles. The summed E-state index contributed by atoms with van der Waals surface area (Å²) < 4.78 is 16.8. The van der Waals surface area contributed by atoms with Crippen molar-refractivity contribution in [3.8, 4) is 0 Å². The van der Waals surface area contributed by atoms with Gasteiger partial charge in [0.1, 0.15) is 0 Å². The summed E-state index contributed by atoms with van der Waals surface area (Å²) in [6, 6.07) is 0. The minimum absolute atomic E-state index is 0. The number of rotatable bonds is 0. The van der Waals surface area contributed by atoms with Gasteiger partial charge in [0.15, 0.2) is 0 Å². The molecule has 0 aliphatic carbocycles. The number of hydrogen-bond donors (Lipinski definition) is 0. The fourth-order valence-electron chi connectivity index (χ4n) is 0. The second-order valence-corrected chi connectivity index (χ2v) is 0.250. The van der Waals surface area contributed by atoms with E-state index < -0.39 is 9.29 Å². The van der Waals surface area contributed by atoms with E-state index in [1.54, 1.807) is 0 Å². The van der Waals surface area contributed by atoms with Gasteiger partial charge in [-0.3, -0.25) is 8.92 Å². The molecule has 0 bridgehead atoms. The molecule has 0 aliphatic heterocycles. The zero-order chi connectivity index (χ0) is 2.71. The minimum Gasteiger partial charge on any atom is -0.274 e. The predicted molar refractivity (Wildman–Crippen MR) is 12.9 cm³/mol. The minimum atomic E-state index is -1.42. The third kappa shape index (κ3) is 17.5. The molecule has 4 heavy (non-hydrogen) atoms. The van der Waals surface area contributed by atoms with Gasteiger partial charge in [-0.15, -0.1) is 0 Å². The third-order valence-corrected chi connectivity index (χ3v) is 0. The van der Waals surface area contributed by atoms with E-state index in [0.717, 1.165) is 0 Å². The van der Waals surface area contributed by atoms with Crippen molar-refractivity contribution < 1.29 is 8.92 Å². The molecule has 0 saturated heterocycles. The largest absolute Gasteiger partial charge is 0.549 e. The van der Waals surface area contributed by atoms with Crippen LogP contribution in [0.4, 0.5) is 0 Å². The molecule has 4 heteroatoms. The Morgan fingerprint density at radius 3 is 1.25 bits per heavy atom. The second kappa shape index (κ2) is 9.44. The van der Waals surface area contributed by atoms with E-state index in [0.29, 0.717) is 0 Å². The van der Waals surface area contributed by atoms with E-state index in [1.807, 2.05) is 0 Å². The van der Waals surface area contributed by atoms with E-state index in [4.69, 9.17) is 8.92 Å². The van der Waals surface area contributed by atoms with Crippen LogP contribution in [0.3, 0.4) is 0 Å². The van der Waals surface area contributed by atoms with Crippen LogP contribution < -0.4 is 0 Å². The van der Waals surface area contributed by atoms with Crippen molar-refractivity contribution >= 4 is 33.7 Å². The second-order valence-electron chi connectivity index (χ2n) is 0.0833. The maximum absolute atomic E-state index is 8.40.